The van der Waals surface area contributed by atoms with Gasteiger partial charge in [-0.1, -0.05) is 52.9 Å². The highest BCUT2D eigenvalue weighted by Crippen LogP contribution is 2.22. The van der Waals surface area contributed by atoms with Gasteiger partial charge >= 0.3 is 5.97 Å². The van der Waals surface area contributed by atoms with Gasteiger partial charge in [-0.15, -0.1) is 11.6 Å². The minimum atomic E-state index is -0.344. The first-order chi connectivity index (χ1) is 14.0. The number of unbranched alkanes of at least 4 members (excludes halogenated alkanes) is 5. The lowest BCUT2D eigenvalue weighted by atomic mass is 10.1. The van der Waals surface area contributed by atoms with Crippen LogP contribution in [-0.2, 0) is 11.2 Å². The third-order valence-corrected chi connectivity index (χ3v) is 5.85. The summed E-state index contributed by atoms with van der Waals surface area (Å²) in [6, 6.07) is 7.27. The Morgan fingerprint density at radius 2 is 1.62 bits per heavy atom. The number of aryl methyl sites for hydroxylation is 1. The number of halogens is 1. The van der Waals surface area contributed by atoms with Gasteiger partial charge in [0.25, 0.3) is 0 Å². The van der Waals surface area contributed by atoms with E-state index in [1.165, 1.54) is 44.1 Å². The number of aromatic nitrogens is 2. The Hall–Kier alpha value is -1.94. The Labute approximate surface area is 180 Å². The highest BCUT2D eigenvalue weighted by Gasteiger charge is 2.22. The van der Waals surface area contributed by atoms with Crippen LogP contribution in [0.25, 0.3) is 11.4 Å². The molecule has 0 aliphatic carbocycles. The van der Waals surface area contributed by atoms with Crippen molar-refractivity contribution in [3.63, 3.8) is 0 Å². The van der Waals surface area contributed by atoms with Crippen molar-refractivity contribution in [1.29, 1.82) is 0 Å². The number of carbonyl (C=O) groups is 1. The van der Waals surface area contributed by atoms with Crippen molar-refractivity contribution in [3.05, 3.63) is 42.2 Å². The Morgan fingerprint density at radius 1 is 1.00 bits per heavy atom. The van der Waals surface area contributed by atoms with E-state index >= 15 is 0 Å². The van der Waals surface area contributed by atoms with Crippen LogP contribution in [0.15, 0.2) is 36.7 Å². The predicted octanol–water partition coefficient (Wildman–Crippen LogP) is 6.61. The molecule has 0 spiro atoms. The predicted molar refractivity (Wildman–Crippen MR) is 119 cm³/mol. The molecule has 1 aromatic carbocycles. The van der Waals surface area contributed by atoms with E-state index in [-0.39, 0.29) is 17.3 Å². The van der Waals surface area contributed by atoms with E-state index in [0.717, 1.165) is 18.4 Å². The molecule has 0 radical (unpaired) electrons. The fourth-order valence-electron chi connectivity index (χ4n) is 3.12. The number of hydrogen-bond acceptors (Lipinski definition) is 4. The van der Waals surface area contributed by atoms with Gasteiger partial charge in [0.05, 0.1) is 5.92 Å². The van der Waals surface area contributed by atoms with E-state index in [0.29, 0.717) is 11.6 Å². The van der Waals surface area contributed by atoms with Crippen molar-refractivity contribution in [2.45, 2.75) is 77.5 Å². The molecule has 0 N–H and O–H groups in total. The zero-order valence-electron chi connectivity index (χ0n) is 17.9. The Balaban J connectivity index is 1.85. The summed E-state index contributed by atoms with van der Waals surface area (Å²) in [5, 5.41) is -0.218. The molecular formula is C24H33ClN2O2. The monoisotopic (exact) mass is 416 g/mol. The van der Waals surface area contributed by atoms with Gasteiger partial charge in [0.2, 0.25) is 0 Å². The molecule has 4 nitrogen and oxygen atoms in total. The number of alkyl halides is 1. The lowest BCUT2D eigenvalue weighted by Crippen LogP contribution is -2.25. The highest BCUT2D eigenvalue weighted by molar-refractivity contribution is 6.21. The summed E-state index contributed by atoms with van der Waals surface area (Å²) in [5.41, 5.74) is 2.07. The summed E-state index contributed by atoms with van der Waals surface area (Å²) in [5.74, 6) is 0.527. The molecule has 0 aliphatic rings. The minimum Gasteiger partial charge on any atom is -0.426 e. The summed E-state index contributed by atoms with van der Waals surface area (Å²) in [4.78, 5) is 21.1. The van der Waals surface area contributed by atoms with Crippen molar-refractivity contribution in [3.8, 4) is 17.1 Å². The minimum absolute atomic E-state index is 0.218. The van der Waals surface area contributed by atoms with Gasteiger partial charge in [0, 0.05) is 23.3 Å². The molecular weight excluding hydrogens is 384 g/mol. The molecule has 158 valence electrons. The highest BCUT2D eigenvalue weighted by atomic mass is 35.5. The van der Waals surface area contributed by atoms with Gasteiger partial charge in [-0.3, -0.25) is 4.79 Å². The second kappa shape index (κ2) is 12.6. The maximum atomic E-state index is 12.1. The molecule has 5 heteroatoms. The van der Waals surface area contributed by atoms with Crippen molar-refractivity contribution in [2.24, 2.45) is 5.92 Å². The molecule has 29 heavy (non-hydrogen) atoms. The van der Waals surface area contributed by atoms with Crippen molar-refractivity contribution >= 4 is 17.6 Å². The van der Waals surface area contributed by atoms with Gasteiger partial charge in [0.1, 0.15) is 5.75 Å². The van der Waals surface area contributed by atoms with Crippen molar-refractivity contribution < 1.29 is 9.53 Å². The zero-order valence-corrected chi connectivity index (χ0v) is 18.6. The molecule has 2 rings (SSSR count). The fraction of sp³-hybridized carbons (Fsp3) is 0.542. The van der Waals surface area contributed by atoms with E-state index in [2.05, 4.69) is 16.9 Å². The number of rotatable bonds is 12. The fourth-order valence-corrected chi connectivity index (χ4v) is 3.23. The number of nitrogens with zero attached hydrogens (tertiary/aromatic N) is 2. The lowest BCUT2D eigenvalue weighted by molar-refractivity contribution is -0.138. The second-order valence-electron chi connectivity index (χ2n) is 7.59. The molecule has 0 saturated heterocycles. The Morgan fingerprint density at radius 3 is 2.24 bits per heavy atom. The van der Waals surface area contributed by atoms with Crippen LogP contribution >= 0.6 is 11.6 Å². The molecule has 0 amide bonds. The lowest BCUT2D eigenvalue weighted by Gasteiger charge is -2.15. The number of esters is 1. The molecule has 2 unspecified atom stereocenters. The molecule has 1 heterocycles. The Bertz CT molecular complexity index is 732. The average molecular weight is 417 g/mol. The average Bonchev–Trinajstić information content (AvgIpc) is 2.76. The smallest absolute Gasteiger partial charge is 0.315 e. The maximum Gasteiger partial charge on any atom is 0.315 e. The number of benzene rings is 1. The topological polar surface area (TPSA) is 52.1 Å². The van der Waals surface area contributed by atoms with E-state index in [4.69, 9.17) is 16.3 Å². The van der Waals surface area contributed by atoms with Crippen LogP contribution in [-0.4, -0.2) is 21.3 Å². The van der Waals surface area contributed by atoms with Gasteiger partial charge in [-0.25, -0.2) is 9.97 Å². The van der Waals surface area contributed by atoms with Crippen molar-refractivity contribution in [2.75, 3.05) is 0 Å². The summed E-state index contributed by atoms with van der Waals surface area (Å²) >= 11 is 6.14. The van der Waals surface area contributed by atoms with E-state index in [1.54, 1.807) is 19.1 Å². The molecule has 0 saturated carbocycles. The third-order valence-electron chi connectivity index (χ3n) is 5.16. The van der Waals surface area contributed by atoms with E-state index in [9.17, 15) is 4.79 Å². The second-order valence-corrected chi connectivity index (χ2v) is 8.15. The molecule has 0 fully saturated rings. The SMILES string of the molecule is CCCCCCCCc1cnc(-c2ccc(OC(=O)C(C)C(Cl)CC)cc2)nc1. The Kier molecular flexibility index (Phi) is 10.1. The first-order valence-electron chi connectivity index (χ1n) is 10.8. The van der Waals surface area contributed by atoms with Crippen LogP contribution in [0.1, 0.15) is 71.3 Å². The van der Waals surface area contributed by atoms with Crippen LogP contribution in [0.2, 0.25) is 0 Å². The third kappa shape index (κ3) is 7.77. The first kappa shape index (κ1) is 23.3. The van der Waals surface area contributed by atoms with E-state index in [1.807, 2.05) is 31.5 Å². The maximum absolute atomic E-state index is 12.1. The summed E-state index contributed by atoms with van der Waals surface area (Å²) in [7, 11) is 0. The molecule has 2 atom stereocenters. The standard InChI is InChI=1S/C24H33ClN2O2/c1-4-6-7-8-9-10-11-19-16-26-23(27-17-19)20-12-14-21(15-13-20)29-24(28)18(3)22(25)5-2/h12-18,22H,4-11H2,1-3H3. The van der Waals surface area contributed by atoms with Gasteiger partial charge < -0.3 is 4.74 Å². The largest absolute Gasteiger partial charge is 0.426 e. The molecule has 0 bridgehead atoms. The van der Waals surface area contributed by atoms with Gasteiger partial charge in [-0.05, 0) is 49.1 Å². The van der Waals surface area contributed by atoms with Crippen LogP contribution in [0, 0.1) is 5.92 Å². The van der Waals surface area contributed by atoms with E-state index < -0.39 is 0 Å². The number of carbonyl (C=O) groups excluding carboxylic acids is 1. The summed E-state index contributed by atoms with van der Waals surface area (Å²) in [6.07, 6.45) is 13.3. The van der Waals surface area contributed by atoms with Crippen LogP contribution < -0.4 is 4.74 Å². The number of ether oxygens (including phenoxy) is 1. The molecule has 1 aromatic heterocycles. The normalized spacial score (nSPS) is 13.1. The quantitative estimate of drug-likeness (QED) is 0.169. The van der Waals surface area contributed by atoms with Crippen LogP contribution in [0.5, 0.6) is 5.75 Å². The van der Waals surface area contributed by atoms with Gasteiger partial charge in [-0.2, -0.15) is 0 Å². The molecule has 2 aromatic rings. The number of hydrogen-bond donors (Lipinski definition) is 0. The van der Waals surface area contributed by atoms with Crippen LogP contribution in [0.3, 0.4) is 0 Å². The molecule has 0 aliphatic heterocycles. The zero-order chi connectivity index (χ0) is 21.1. The summed E-state index contributed by atoms with van der Waals surface area (Å²) < 4.78 is 5.42. The van der Waals surface area contributed by atoms with Crippen molar-refractivity contribution in [1.82, 2.24) is 9.97 Å². The van der Waals surface area contributed by atoms with Gasteiger partial charge in [0.15, 0.2) is 5.82 Å². The first-order valence-corrected chi connectivity index (χ1v) is 11.3. The summed E-state index contributed by atoms with van der Waals surface area (Å²) in [6.45, 7) is 5.98. The van der Waals surface area contributed by atoms with Crippen LogP contribution in [0.4, 0.5) is 0 Å².